The van der Waals surface area contributed by atoms with Gasteiger partial charge in [-0.1, -0.05) is 146 Å². The van der Waals surface area contributed by atoms with Crippen LogP contribution in [0, 0.1) is 0 Å². The second-order valence-corrected chi connectivity index (χ2v) is 13.9. The molecule has 0 fully saturated rings. The fourth-order valence-electron chi connectivity index (χ4n) is 5.90. The number of hydrogen-bond acceptors (Lipinski definition) is 5. The molecule has 1 amide bonds. The molecular formula is C43H79NO5. The lowest BCUT2D eigenvalue weighted by atomic mass is 10.00. The van der Waals surface area contributed by atoms with Crippen molar-refractivity contribution in [2.24, 2.45) is 0 Å². The molecule has 0 saturated carbocycles. The molecule has 4 atom stereocenters. The zero-order valence-corrected chi connectivity index (χ0v) is 31.9. The highest BCUT2D eigenvalue weighted by Crippen LogP contribution is 2.13. The standard InChI is InChI=1S/C43H79NO5/c1-3-5-7-9-11-13-15-17-19-20-21-23-24-26-28-30-32-34-36-40(46)42(48)39(38-45)44-43(49)41(47)37-35-33-31-29-27-25-22-18-16-14-12-10-8-6-4-2/h15,17,21-23,25,28,30,39-42,45-48H,3-14,16,18-20,24,26-27,29,31-38H2,1-2H3,(H,44,49)/b17-15+,23-21+,25-22-,30-28+. The Morgan fingerprint density at radius 2 is 0.857 bits per heavy atom. The van der Waals surface area contributed by atoms with E-state index in [0.29, 0.717) is 19.3 Å². The number of allylic oxidation sites excluding steroid dienone is 8. The van der Waals surface area contributed by atoms with Crippen LogP contribution in [-0.4, -0.2) is 57.3 Å². The molecule has 0 aliphatic heterocycles. The molecule has 49 heavy (non-hydrogen) atoms. The molecule has 0 saturated heterocycles. The summed E-state index contributed by atoms with van der Waals surface area (Å²) < 4.78 is 0. The first-order valence-corrected chi connectivity index (χ1v) is 20.5. The summed E-state index contributed by atoms with van der Waals surface area (Å²) in [5.74, 6) is -0.611. The highest BCUT2D eigenvalue weighted by Gasteiger charge is 2.28. The number of unbranched alkanes of at least 4 members (excludes halogenated alkanes) is 19. The van der Waals surface area contributed by atoms with Crippen molar-refractivity contribution < 1.29 is 25.2 Å². The van der Waals surface area contributed by atoms with Crippen molar-refractivity contribution in [2.45, 2.75) is 212 Å². The van der Waals surface area contributed by atoms with Crippen LogP contribution in [0.25, 0.3) is 0 Å². The van der Waals surface area contributed by atoms with Gasteiger partial charge in [0.15, 0.2) is 0 Å². The van der Waals surface area contributed by atoms with Gasteiger partial charge in [-0.05, 0) is 89.9 Å². The van der Waals surface area contributed by atoms with Gasteiger partial charge in [0.25, 0.3) is 0 Å². The van der Waals surface area contributed by atoms with E-state index in [1.807, 2.05) is 0 Å². The van der Waals surface area contributed by atoms with E-state index < -0.39 is 36.9 Å². The maximum Gasteiger partial charge on any atom is 0.249 e. The van der Waals surface area contributed by atoms with Gasteiger partial charge in [-0.3, -0.25) is 4.79 Å². The number of nitrogens with one attached hydrogen (secondary N) is 1. The molecule has 0 aliphatic rings. The zero-order chi connectivity index (χ0) is 36.0. The molecule has 6 heteroatoms. The third kappa shape index (κ3) is 32.0. The summed E-state index contributed by atoms with van der Waals surface area (Å²) in [7, 11) is 0. The van der Waals surface area contributed by atoms with Crippen LogP contribution in [0.15, 0.2) is 48.6 Å². The quantitative estimate of drug-likeness (QED) is 0.0332. The topological polar surface area (TPSA) is 110 Å². The van der Waals surface area contributed by atoms with Crippen LogP contribution in [0.4, 0.5) is 0 Å². The zero-order valence-electron chi connectivity index (χ0n) is 31.9. The van der Waals surface area contributed by atoms with Crippen molar-refractivity contribution in [1.82, 2.24) is 5.32 Å². The number of amides is 1. The molecule has 4 unspecified atom stereocenters. The molecule has 0 rings (SSSR count). The summed E-state index contributed by atoms with van der Waals surface area (Å²) in [5.41, 5.74) is 0. The van der Waals surface area contributed by atoms with Crippen molar-refractivity contribution in [2.75, 3.05) is 6.61 Å². The van der Waals surface area contributed by atoms with E-state index in [-0.39, 0.29) is 0 Å². The number of aliphatic hydroxyl groups excluding tert-OH is 4. The molecule has 0 aromatic carbocycles. The predicted molar refractivity (Wildman–Crippen MR) is 210 cm³/mol. The van der Waals surface area contributed by atoms with Crippen LogP contribution < -0.4 is 5.32 Å². The van der Waals surface area contributed by atoms with Crippen LogP contribution in [0.3, 0.4) is 0 Å². The van der Waals surface area contributed by atoms with Gasteiger partial charge in [-0.2, -0.15) is 0 Å². The van der Waals surface area contributed by atoms with E-state index >= 15 is 0 Å². The number of rotatable bonds is 36. The Kier molecular flexibility index (Phi) is 36.2. The molecule has 0 bridgehead atoms. The van der Waals surface area contributed by atoms with E-state index in [4.69, 9.17) is 0 Å². The molecule has 5 N–H and O–H groups in total. The molecular weight excluding hydrogens is 610 g/mol. The lowest BCUT2D eigenvalue weighted by Gasteiger charge is -2.27. The van der Waals surface area contributed by atoms with E-state index in [0.717, 1.165) is 64.2 Å². The second kappa shape index (κ2) is 37.5. The van der Waals surface area contributed by atoms with E-state index in [2.05, 4.69) is 67.8 Å². The Morgan fingerprint density at radius 3 is 1.29 bits per heavy atom. The maximum atomic E-state index is 12.5. The minimum absolute atomic E-state index is 0.343. The monoisotopic (exact) mass is 690 g/mol. The smallest absolute Gasteiger partial charge is 0.249 e. The van der Waals surface area contributed by atoms with Crippen molar-refractivity contribution in [3.05, 3.63) is 48.6 Å². The molecule has 0 radical (unpaired) electrons. The minimum atomic E-state index is -1.30. The normalized spacial score (nSPS) is 14.8. The second-order valence-electron chi connectivity index (χ2n) is 13.9. The van der Waals surface area contributed by atoms with Gasteiger partial charge in [0.05, 0.1) is 18.8 Å². The molecule has 6 nitrogen and oxygen atoms in total. The Balaban J connectivity index is 3.90. The van der Waals surface area contributed by atoms with Crippen LogP contribution in [-0.2, 0) is 4.79 Å². The van der Waals surface area contributed by atoms with Crippen molar-refractivity contribution in [3.63, 3.8) is 0 Å². The molecule has 0 heterocycles. The first kappa shape index (κ1) is 47.3. The van der Waals surface area contributed by atoms with Crippen LogP contribution >= 0.6 is 0 Å². The average molecular weight is 690 g/mol. The Hall–Kier alpha value is -1.73. The minimum Gasteiger partial charge on any atom is -0.394 e. The SMILES string of the molecule is CCCCCCC/C=C/CC/C=C/CC/C=C/CCCC(O)C(O)C(CO)NC(=O)C(O)CCCCCC/C=C\CCCCCCCCC. The van der Waals surface area contributed by atoms with E-state index in [9.17, 15) is 25.2 Å². The van der Waals surface area contributed by atoms with Gasteiger partial charge < -0.3 is 25.7 Å². The Bertz CT molecular complexity index is 823. The van der Waals surface area contributed by atoms with Gasteiger partial charge >= 0.3 is 0 Å². The molecule has 0 aliphatic carbocycles. The highest BCUT2D eigenvalue weighted by atomic mass is 16.3. The van der Waals surface area contributed by atoms with Gasteiger partial charge in [0.2, 0.25) is 5.91 Å². The predicted octanol–water partition coefficient (Wildman–Crippen LogP) is 10.3. The summed E-state index contributed by atoms with van der Waals surface area (Å²) >= 11 is 0. The first-order valence-electron chi connectivity index (χ1n) is 20.5. The fraction of sp³-hybridized carbons (Fsp3) is 0.791. The molecule has 0 aromatic heterocycles. The Labute approximate surface area is 302 Å². The van der Waals surface area contributed by atoms with Crippen LogP contribution in [0.5, 0.6) is 0 Å². The van der Waals surface area contributed by atoms with Crippen molar-refractivity contribution in [3.8, 4) is 0 Å². The third-order valence-electron chi connectivity index (χ3n) is 9.22. The lowest BCUT2D eigenvalue weighted by Crippen LogP contribution is -2.53. The number of hydrogen-bond donors (Lipinski definition) is 5. The number of carbonyl (C=O) groups is 1. The number of carbonyl (C=O) groups excluding carboxylic acids is 1. The van der Waals surface area contributed by atoms with Crippen molar-refractivity contribution >= 4 is 5.91 Å². The lowest BCUT2D eigenvalue weighted by molar-refractivity contribution is -0.132. The average Bonchev–Trinajstić information content (AvgIpc) is 3.11. The fourth-order valence-corrected chi connectivity index (χ4v) is 5.90. The summed E-state index contributed by atoms with van der Waals surface area (Å²) in [6.45, 7) is 4.00. The first-order chi connectivity index (χ1) is 24.0. The summed E-state index contributed by atoms with van der Waals surface area (Å²) in [5, 5.41) is 43.5. The van der Waals surface area contributed by atoms with E-state index in [1.165, 1.54) is 89.9 Å². The van der Waals surface area contributed by atoms with E-state index in [1.54, 1.807) is 0 Å². The van der Waals surface area contributed by atoms with Gasteiger partial charge in [-0.25, -0.2) is 0 Å². The molecule has 0 aromatic rings. The maximum absolute atomic E-state index is 12.5. The highest BCUT2D eigenvalue weighted by molar-refractivity contribution is 5.80. The van der Waals surface area contributed by atoms with Gasteiger partial charge in [0, 0.05) is 0 Å². The largest absolute Gasteiger partial charge is 0.394 e. The third-order valence-corrected chi connectivity index (χ3v) is 9.22. The molecule has 286 valence electrons. The number of aliphatic hydroxyl groups is 4. The summed E-state index contributed by atoms with van der Waals surface area (Å²) in [6, 6.07) is -1.02. The van der Waals surface area contributed by atoms with Gasteiger partial charge in [0.1, 0.15) is 12.2 Å². The van der Waals surface area contributed by atoms with Gasteiger partial charge in [-0.15, -0.1) is 0 Å². The van der Waals surface area contributed by atoms with Crippen LogP contribution in [0.1, 0.15) is 187 Å². The van der Waals surface area contributed by atoms with Crippen LogP contribution in [0.2, 0.25) is 0 Å². The Morgan fingerprint density at radius 1 is 0.490 bits per heavy atom. The van der Waals surface area contributed by atoms with Crippen molar-refractivity contribution in [1.29, 1.82) is 0 Å². The summed E-state index contributed by atoms with van der Waals surface area (Å²) in [6.07, 6.45) is 44.2. The molecule has 0 spiro atoms. The summed E-state index contributed by atoms with van der Waals surface area (Å²) in [4.78, 5) is 12.5.